The van der Waals surface area contributed by atoms with Crippen molar-refractivity contribution in [2.45, 2.75) is 19.9 Å². The molecule has 1 amide bonds. The molecular formula is C17H14F2N4O3. The average molecular weight is 360 g/mol. The lowest BCUT2D eigenvalue weighted by Gasteiger charge is -2.19. The number of rotatable bonds is 3. The van der Waals surface area contributed by atoms with Gasteiger partial charge in [0.25, 0.3) is 5.56 Å². The van der Waals surface area contributed by atoms with Gasteiger partial charge in [-0.25, -0.2) is 18.6 Å². The fourth-order valence-electron chi connectivity index (χ4n) is 2.66. The van der Waals surface area contributed by atoms with Crippen molar-refractivity contribution in [1.29, 1.82) is 0 Å². The first kappa shape index (κ1) is 17.5. The van der Waals surface area contributed by atoms with Gasteiger partial charge in [0.1, 0.15) is 17.5 Å². The van der Waals surface area contributed by atoms with Crippen molar-refractivity contribution in [3.63, 3.8) is 0 Å². The third-order valence-electron chi connectivity index (χ3n) is 3.95. The van der Waals surface area contributed by atoms with E-state index in [9.17, 15) is 18.4 Å². The summed E-state index contributed by atoms with van der Waals surface area (Å²) >= 11 is 0. The van der Waals surface area contributed by atoms with Gasteiger partial charge in [-0.2, -0.15) is 0 Å². The largest absolute Gasteiger partial charge is 0.465 e. The van der Waals surface area contributed by atoms with Gasteiger partial charge >= 0.3 is 6.09 Å². The van der Waals surface area contributed by atoms with E-state index in [0.717, 1.165) is 22.9 Å². The molecule has 1 atom stereocenters. The molecule has 134 valence electrons. The number of nitrogens with zero attached hydrogens (tertiary/aromatic N) is 3. The summed E-state index contributed by atoms with van der Waals surface area (Å²) in [7, 11) is 0. The lowest BCUT2D eigenvalue weighted by atomic mass is 10.1. The second kappa shape index (κ2) is 6.51. The molecule has 1 aromatic carbocycles. The highest BCUT2D eigenvalue weighted by molar-refractivity contribution is 5.78. The summed E-state index contributed by atoms with van der Waals surface area (Å²) in [5.41, 5.74) is -0.228. The number of hydrogen-bond donors (Lipinski definition) is 2. The molecule has 0 aliphatic heterocycles. The summed E-state index contributed by atoms with van der Waals surface area (Å²) in [6.07, 6.45) is 0.951. The summed E-state index contributed by atoms with van der Waals surface area (Å²) in [4.78, 5) is 32.0. The Morgan fingerprint density at radius 3 is 2.73 bits per heavy atom. The molecular weight excluding hydrogens is 346 g/mol. The van der Waals surface area contributed by atoms with Gasteiger partial charge in [-0.3, -0.25) is 14.3 Å². The zero-order valence-corrected chi connectivity index (χ0v) is 13.8. The molecule has 3 aromatic rings. The number of nitrogens with one attached hydrogen (secondary N) is 1. The topological polar surface area (TPSA) is 97.1 Å². The van der Waals surface area contributed by atoms with Crippen LogP contribution in [0.2, 0.25) is 0 Å². The maximum atomic E-state index is 13.9. The lowest BCUT2D eigenvalue weighted by molar-refractivity contribution is 0.190. The summed E-state index contributed by atoms with van der Waals surface area (Å²) in [6.45, 7) is 2.94. The highest BCUT2D eigenvalue weighted by atomic mass is 19.1. The minimum atomic E-state index is -1.31. The predicted octanol–water partition coefficient (Wildman–Crippen LogP) is 2.70. The van der Waals surface area contributed by atoms with E-state index in [1.807, 2.05) is 0 Å². The summed E-state index contributed by atoms with van der Waals surface area (Å²) in [5, 5.41) is 11.2. The van der Waals surface area contributed by atoms with Crippen molar-refractivity contribution in [2.75, 3.05) is 0 Å². The minimum Gasteiger partial charge on any atom is -0.465 e. The third-order valence-corrected chi connectivity index (χ3v) is 3.95. The Bertz CT molecular complexity index is 1080. The Balaban J connectivity index is 2.40. The summed E-state index contributed by atoms with van der Waals surface area (Å²) in [6, 6.07) is 2.61. The van der Waals surface area contributed by atoms with E-state index in [-0.39, 0.29) is 28.0 Å². The van der Waals surface area contributed by atoms with Crippen LogP contribution in [0.4, 0.5) is 13.6 Å². The van der Waals surface area contributed by atoms with Crippen LogP contribution in [0.1, 0.15) is 24.4 Å². The monoisotopic (exact) mass is 360 g/mol. The standard InChI is InChI=1S/C17H14F2N4O3/c1-8-12(19)6-20-7-14(8)23-15(9(2)21-17(25)26)22-13-4-3-10(18)5-11(13)16(23)24/h3-7,9,21H,1-2H3,(H,25,26)/t9-/m0/s1. The minimum absolute atomic E-state index is 0.0139. The first-order chi connectivity index (χ1) is 12.3. The van der Waals surface area contributed by atoms with Crippen molar-refractivity contribution in [3.8, 4) is 5.69 Å². The van der Waals surface area contributed by atoms with Crippen molar-refractivity contribution >= 4 is 17.0 Å². The number of hydrogen-bond acceptors (Lipinski definition) is 4. The molecule has 0 saturated heterocycles. The third kappa shape index (κ3) is 2.99. The molecule has 0 unspecified atom stereocenters. The van der Waals surface area contributed by atoms with E-state index >= 15 is 0 Å². The van der Waals surface area contributed by atoms with Gasteiger partial charge in [-0.1, -0.05) is 0 Å². The summed E-state index contributed by atoms with van der Waals surface area (Å²) in [5.74, 6) is -1.23. The first-order valence-corrected chi connectivity index (χ1v) is 7.61. The Morgan fingerprint density at radius 1 is 1.31 bits per heavy atom. The Kier molecular flexibility index (Phi) is 4.37. The molecule has 7 nitrogen and oxygen atoms in total. The van der Waals surface area contributed by atoms with Crippen LogP contribution in [-0.2, 0) is 0 Å². The number of carboxylic acid groups (broad SMARTS) is 1. The van der Waals surface area contributed by atoms with Crippen molar-refractivity contribution < 1.29 is 18.7 Å². The molecule has 2 heterocycles. The highest BCUT2D eigenvalue weighted by Crippen LogP contribution is 2.21. The van der Waals surface area contributed by atoms with E-state index in [1.54, 1.807) is 0 Å². The molecule has 9 heteroatoms. The van der Waals surface area contributed by atoms with Crippen molar-refractivity contribution in [3.05, 3.63) is 64.0 Å². The van der Waals surface area contributed by atoms with Gasteiger partial charge in [0.2, 0.25) is 0 Å². The van der Waals surface area contributed by atoms with Crippen LogP contribution in [-0.4, -0.2) is 25.7 Å². The molecule has 0 radical (unpaired) electrons. The molecule has 0 spiro atoms. The van der Waals surface area contributed by atoms with Crippen LogP contribution >= 0.6 is 0 Å². The molecule has 2 aromatic heterocycles. The van der Waals surface area contributed by atoms with Crippen LogP contribution in [0.3, 0.4) is 0 Å². The fraction of sp³-hybridized carbons (Fsp3) is 0.176. The maximum absolute atomic E-state index is 13.9. The van der Waals surface area contributed by atoms with Crippen LogP contribution in [0.5, 0.6) is 0 Å². The summed E-state index contributed by atoms with van der Waals surface area (Å²) < 4.78 is 28.6. The second-order valence-corrected chi connectivity index (χ2v) is 5.71. The molecule has 0 aliphatic carbocycles. The molecule has 0 saturated carbocycles. The van der Waals surface area contributed by atoms with Gasteiger partial charge in [0.05, 0.1) is 35.0 Å². The number of benzene rings is 1. The Labute approximate surface area is 145 Å². The van der Waals surface area contributed by atoms with E-state index in [4.69, 9.17) is 5.11 Å². The van der Waals surface area contributed by atoms with Crippen molar-refractivity contribution in [1.82, 2.24) is 19.9 Å². The molecule has 0 fully saturated rings. The zero-order valence-electron chi connectivity index (χ0n) is 13.8. The average Bonchev–Trinajstić information content (AvgIpc) is 2.57. The van der Waals surface area contributed by atoms with Crippen LogP contribution < -0.4 is 10.9 Å². The number of amides is 1. The number of carbonyl (C=O) groups is 1. The predicted molar refractivity (Wildman–Crippen MR) is 89.4 cm³/mol. The van der Waals surface area contributed by atoms with Crippen LogP contribution in [0.25, 0.3) is 16.6 Å². The first-order valence-electron chi connectivity index (χ1n) is 7.61. The number of halogens is 2. The van der Waals surface area contributed by atoms with Crippen molar-refractivity contribution in [2.24, 2.45) is 0 Å². The number of pyridine rings is 1. The number of fused-ring (bicyclic) bond motifs is 1. The van der Waals surface area contributed by atoms with Gasteiger partial charge in [0.15, 0.2) is 0 Å². The van der Waals surface area contributed by atoms with E-state index in [2.05, 4.69) is 15.3 Å². The molecule has 3 rings (SSSR count). The Hall–Kier alpha value is -3.36. The van der Waals surface area contributed by atoms with Gasteiger partial charge in [0, 0.05) is 5.56 Å². The molecule has 26 heavy (non-hydrogen) atoms. The van der Waals surface area contributed by atoms with Crippen LogP contribution in [0.15, 0.2) is 35.4 Å². The Morgan fingerprint density at radius 2 is 2.04 bits per heavy atom. The number of aromatic nitrogens is 3. The van der Waals surface area contributed by atoms with E-state index in [1.165, 1.54) is 26.1 Å². The molecule has 0 bridgehead atoms. The van der Waals surface area contributed by atoms with E-state index < -0.39 is 29.3 Å². The maximum Gasteiger partial charge on any atom is 0.405 e. The highest BCUT2D eigenvalue weighted by Gasteiger charge is 2.21. The fourth-order valence-corrected chi connectivity index (χ4v) is 2.66. The zero-order chi connectivity index (χ0) is 19.0. The molecule has 0 aliphatic rings. The second-order valence-electron chi connectivity index (χ2n) is 5.71. The SMILES string of the molecule is Cc1c(F)cncc1-n1c([C@H](C)NC(=O)O)nc2ccc(F)cc2c1=O. The smallest absolute Gasteiger partial charge is 0.405 e. The van der Waals surface area contributed by atoms with Crippen LogP contribution in [0, 0.1) is 18.6 Å². The van der Waals surface area contributed by atoms with Gasteiger partial charge in [-0.05, 0) is 32.0 Å². The molecule has 2 N–H and O–H groups in total. The van der Waals surface area contributed by atoms with E-state index in [0.29, 0.717) is 0 Å². The quantitative estimate of drug-likeness (QED) is 0.748. The lowest BCUT2D eigenvalue weighted by Crippen LogP contribution is -2.33. The van der Waals surface area contributed by atoms with Gasteiger partial charge in [-0.15, -0.1) is 0 Å². The van der Waals surface area contributed by atoms with Gasteiger partial charge < -0.3 is 10.4 Å². The normalized spacial score (nSPS) is 12.2.